The van der Waals surface area contributed by atoms with Crippen molar-refractivity contribution in [2.75, 3.05) is 6.26 Å². The number of aryl methyl sites for hydroxylation is 1. The molecule has 1 aromatic carbocycles. The molecule has 2 aromatic heterocycles. The lowest BCUT2D eigenvalue weighted by Crippen LogP contribution is -2.09. The maximum atomic E-state index is 9.73. The van der Waals surface area contributed by atoms with E-state index in [0.29, 0.717) is 0 Å². The van der Waals surface area contributed by atoms with Gasteiger partial charge in [-0.05, 0) is 41.7 Å². The Kier molecular flexibility index (Phi) is 3.68. The molecule has 1 aliphatic rings. The van der Waals surface area contributed by atoms with Crippen LogP contribution in [0, 0.1) is 11.3 Å². The van der Waals surface area contributed by atoms with Crippen molar-refractivity contribution in [1.82, 2.24) is 4.98 Å². The van der Waals surface area contributed by atoms with Gasteiger partial charge in [0, 0.05) is 16.0 Å². The zero-order chi connectivity index (χ0) is 15.8. The van der Waals surface area contributed by atoms with Gasteiger partial charge in [0.25, 0.3) is 0 Å². The first-order valence-electron chi connectivity index (χ1n) is 7.46. The summed E-state index contributed by atoms with van der Waals surface area (Å²) in [6.45, 7) is 0. The van der Waals surface area contributed by atoms with Crippen LogP contribution in [0.5, 0.6) is 0 Å². The van der Waals surface area contributed by atoms with Crippen LogP contribution in [-0.4, -0.2) is 11.2 Å². The number of benzene rings is 1. The lowest BCUT2D eigenvalue weighted by atomic mass is 9.85. The number of aromatic nitrogens is 1. The summed E-state index contributed by atoms with van der Waals surface area (Å²) < 4.78 is 0. The number of thioether (sulfide) groups is 1. The molecule has 0 radical (unpaired) electrons. The van der Waals surface area contributed by atoms with Crippen LogP contribution in [0.4, 0.5) is 0 Å². The molecule has 2 heterocycles. The van der Waals surface area contributed by atoms with Crippen LogP contribution in [0.2, 0.25) is 0 Å². The number of pyridine rings is 1. The third kappa shape index (κ3) is 2.28. The highest BCUT2D eigenvalue weighted by atomic mass is 32.2. The maximum absolute atomic E-state index is 9.73. The van der Waals surface area contributed by atoms with Crippen LogP contribution in [0.25, 0.3) is 21.7 Å². The molecule has 112 valence electrons. The monoisotopic (exact) mass is 334 g/mol. The van der Waals surface area contributed by atoms with Crippen molar-refractivity contribution in [3.05, 3.63) is 58.5 Å². The van der Waals surface area contributed by atoms with Crippen LogP contribution in [0.15, 0.2) is 46.8 Å². The molecule has 0 saturated heterocycles. The van der Waals surface area contributed by atoms with Crippen molar-refractivity contribution in [3.8, 4) is 27.8 Å². The zero-order valence-electron chi connectivity index (χ0n) is 12.7. The summed E-state index contributed by atoms with van der Waals surface area (Å²) in [6.07, 6.45) is 3.94. The van der Waals surface area contributed by atoms with E-state index in [9.17, 15) is 5.26 Å². The lowest BCUT2D eigenvalue weighted by Gasteiger charge is -2.23. The molecular weight excluding hydrogens is 320 g/mol. The number of hydrogen-bond acceptors (Lipinski definition) is 4. The summed E-state index contributed by atoms with van der Waals surface area (Å²) in [5.74, 6) is 0. The molecule has 2 nitrogen and oxygen atoms in total. The first-order valence-corrected chi connectivity index (χ1v) is 9.57. The largest absolute Gasteiger partial charge is 0.240 e. The van der Waals surface area contributed by atoms with Crippen LogP contribution >= 0.6 is 23.1 Å². The average molecular weight is 334 g/mol. The quantitative estimate of drug-likeness (QED) is 0.607. The molecule has 4 rings (SSSR count). The van der Waals surface area contributed by atoms with E-state index >= 15 is 0 Å². The minimum absolute atomic E-state index is 0.720. The van der Waals surface area contributed by atoms with E-state index in [0.717, 1.165) is 39.6 Å². The Balaban J connectivity index is 2.09. The third-order valence-corrected chi connectivity index (χ3v) is 5.82. The lowest BCUT2D eigenvalue weighted by molar-refractivity contribution is 0.914. The molecule has 4 heteroatoms. The second kappa shape index (κ2) is 5.84. The van der Waals surface area contributed by atoms with Gasteiger partial charge in [0.15, 0.2) is 0 Å². The fourth-order valence-corrected chi connectivity index (χ4v) is 4.58. The Morgan fingerprint density at radius 3 is 2.78 bits per heavy atom. The van der Waals surface area contributed by atoms with E-state index in [-0.39, 0.29) is 0 Å². The van der Waals surface area contributed by atoms with Crippen molar-refractivity contribution < 1.29 is 0 Å². The van der Waals surface area contributed by atoms with Crippen molar-refractivity contribution >= 4 is 23.1 Å². The van der Waals surface area contributed by atoms with E-state index in [1.165, 1.54) is 16.7 Å². The van der Waals surface area contributed by atoms with Gasteiger partial charge in [0.1, 0.15) is 11.1 Å². The molecule has 0 fully saturated rings. The van der Waals surface area contributed by atoms with Crippen molar-refractivity contribution in [3.63, 3.8) is 0 Å². The minimum atomic E-state index is 0.720. The highest BCUT2D eigenvalue weighted by Gasteiger charge is 2.25. The molecule has 0 spiro atoms. The summed E-state index contributed by atoms with van der Waals surface area (Å²) in [4.78, 5) is 6.02. The highest BCUT2D eigenvalue weighted by Crippen LogP contribution is 2.43. The third-order valence-electron chi connectivity index (χ3n) is 4.25. The summed E-state index contributed by atoms with van der Waals surface area (Å²) >= 11 is 3.24. The second-order valence-corrected chi connectivity index (χ2v) is 7.19. The molecule has 0 N–H and O–H groups in total. The van der Waals surface area contributed by atoms with Crippen molar-refractivity contribution in [2.45, 2.75) is 17.9 Å². The fraction of sp³-hybridized carbons (Fsp3) is 0.158. The predicted molar refractivity (Wildman–Crippen MR) is 96.9 cm³/mol. The van der Waals surface area contributed by atoms with Crippen LogP contribution in [0.1, 0.15) is 16.7 Å². The van der Waals surface area contributed by atoms with E-state index in [2.05, 4.69) is 41.8 Å². The topological polar surface area (TPSA) is 36.7 Å². The molecule has 0 saturated carbocycles. The fourth-order valence-electron chi connectivity index (χ4n) is 3.24. The Bertz CT molecular complexity index is 921. The van der Waals surface area contributed by atoms with E-state index in [1.807, 2.05) is 12.3 Å². The van der Waals surface area contributed by atoms with E-state index in [1.54, 1.807) is 23.1 Å². The Hall–Kier alpha value is -2.09. The van der Waals surface area contributed by atoms with Gasteiger partial charge in [-0.15, -0.1) is 23.1 Å². The number of rotatable bonds is 2. The molecule has 0 unspecified atom stereocenters. The summed E-state index contributed by atoms with van der Waals surface area (Å²) in [7, 11) is 0. The Morgan fingerprint density at radius 2 is 2.04 bits per heavy atom. The van der Waals surface area contributed by atoms with Crippen LogP contribution in [-0.2, 0) is 12.8 Å². The molecule has 23 heavy (non-hydrogen) atoms. The second-order valence-electron chi connectivity index (χ2n) is 5.44. The number of fused-ring (bicyclic) bond motifs is 3. The summed E-state index contributed by atoms with van der Waals surface area (Å²) in [5.41, 5.74) is 6.65. The summed E-state index contributed by atoms with van der Waals surface area (Å²) in [5, 5.41) is 12.6. The first kappa shape index (κ1) is 14.5. The van der Waals surface area contributed by atoms with Gasteiger partial charge in [0.05, 0.1) is 11.3 Å². The Labute approximate surface area is 143 Å². The molecule has 0 bridgehead atoms. The molecule has 0 atom stereocenters. The molecule has 3 aromatic rings. The molecule has 0 amide bonds. The number of thiophene rings is 1. The first-order chi connectivity index (χ1) is 11.3. The highest BCUT2D eigenvalue weighted by molar-refractivity contribution is 7.98. The smallest absolute Gasteiger partial charge is 0.115 e. The van der Waals surface area contributed by atoms with Crippen LogP contribution < -0.4 is 0 Å². The average Bonchev–Trinajstić information content (AvgIpc) is 3.13. The van der Waals surface area contributed by atoms with Gasteiger partial charge in [-0.2, -0.15) is 5.26 Å². The van der Waals surface area contributed by atoms with Crippen molar-refractivity contribution in [1.29, 1.82) is 5.26 Å². The van der Waals surface area contributed by atoms with E-state index in [4.69, 9.17) is 4.98 Å². The molecule has 0 aliphatic heterocycles. The van der Waals surface area contributed by atoms with Gasteiger partial charge in [-0.25, -0.2) is 4.98 Å². The van der Waals surface area contributed by atoms with Crippen molar-refractivity contribution in [2.24, 2.45) is 0 Å². The van der Waals surface area contributed by atoms with Crippen LogP contribution in [0.3, 0.4) is 0 Å². The van der Waals surface area contributed by atoms with E-state index < -0.39 is 0 Å². The van der Waals surface area contributed by atoms with Gasteiger partial charge < -0.3 is 0 Å². The van der Waals surface area contributed by atoms with Gasteiger partial charge in [-0.3, -0.25) is 0 Å². The normalized spacial score (nSPS) is 12.3. The minimum Gasteiger partial charge on any atom is -0.240 e. The summed E-state index contributed by atoms with van der Waals surface area (Å²) in [6, 6.07) is 15.0. The Morgan fingerprint density at radius 1 is 1.17 bits per heavy atom. The maximum Gasteiger partial charge on any atom is 0.115 e. The number of hydrogen-bond donors (Lipinski definition) is 0. The molecule has 1 aliphatic carbocycles. The number of nitrogens with zero attached hydrogens (tertiary/aromatic N) is 2. The predicted octanol–water partition coefficient (Wildman–Crippen LogP) is 5.17. The standard InChI is InChI=1S/C19H14N2S2/c1-22-19-15(11-20)17(16-7-4-10-23-16)14-9-8-12-5-2-3-6-13(12)18(14)21-19/h2-7,10H,8-9H2,1H3. The molecular formula is C19H14N2S2. The zero-order valence-corrected chi connectivity index (χ0v) is 14.3. The van der Waals surface area contributed by atoms with Gasteiger partial charge in [-0.1, -0.05) is 30.3 Å². The van der Waals surface area contributed by atoms with Gasteiger partial charge >= 0.3 is 0 Å². The number of nitriles is 1. The SMILES string of the molecule is CSc1nc2c(c(-c3cccs3)c1C#N)CCc1ccccc1-2. The van der Waals surface area contributed by atoms with Gasteiger partial charge in [0.2, 0.25) is 0 Å².